The number of carbonyl (C=O) groups excluding carboxylic acids is 1. The number of anilines is 1. The molecule has 0 saturated carbocycles. The first kappa shape index (κ1) is 15.6. The quantitative estimate of drug-likeness (QED) is 0.844. The molecule has 122 valence electrons. The van der Waals surface area contributed by atoms with Crippen LogP contribution in [0.3, 0.4) is 0 Å². The molecule has 1 unspecified atom stereocenters. The molecule has 1 aromatic carbocycles. The van der Waals surface area contributed by atoms with Gasteiger partial charge in [0.2, 0.25) is 11.8 Å². The number of aromatic nitrogens is 2. The highest BCUT2D eigenvalue weighted by molar-refractivity contribution is 5.99. The van der Waals surface area contributed by atoms with E-state index in [0.717, 1.165) is 0 Å². The van der Waals surface area contributed by atoms with E-state index in [1.165, 1.54) is 11.0 Å². The summed E-state index contributed by atoms with van der Waals surface area (Å²) in [5.74, 6) is 0.660. The van der Waals surface area contributed by atoms with Crippen molar-refractivity contribution in [3.05, 3.63) is 41.8 Å². The van der Waals surface area contributed by atoms with Crippen LogP contribution in [0.4, 0.5) is 10.1 Å². The summed E-state index contributed by atoms with van der Waals surface area (Å²) < 4.78 is 19.0. The van der Waals surface area contributed by atoms with Crippen LogP contribution in [0.2, 0.25) is 0 Å². The Labute approximate surface area is 133 Å². The van der Waals surface area contributed by atoms with Gasteiger partial charge < -0.3 is 9.42 Å². The van der Waals surface area contributed by atoms with Gasteiger partial charge in [0, 0.05) is 13.0 Å². The van der Waals surface area contributed by atoms with E-state index in [2.05, 4.69) is 10.1 Å². The van der Waals surface area contributed by atoms with Gasteiger partial charge in [0.15, 0.2) is 5.82 Å². The van der Waals surface area contributed by atoms with Crippen LogP contribution in [0.25, 0.3) is 0 Å². The van der Waals surface area contributed by atoms with Gasteiger partial charge in [0.1, 0.15) is 5.82 Å². The fraction of sp³-hybridized carbons (Fsp3) is 0.438. The van der Waals surface area contributed by atoms with E-state index in [4.69, 9.17) is 4.52 Å². The maximum atomic E-state index is 13.9. The average Bonchev–Trinajstić information content (AvgIpc) is 3.14. The normalized spacial score (nSPS) is 18.2. The Bertz CT molecular complexity index is 703. The standard InChI is InChI=1S/C16H19FN4O2/c1-3-15-18-14(19-23-15)10-20(2)13-8-9-21(16(13)22)12-7-5-4-6-11(12)17/h4-7,13H,3,8-10H2,1-2H3. The van der Waals surface area contributed by atoms with E-state index in [-0.39, 0.29) is 17.8 Å². The van der Waals surface area contributed by atoms with E-state index >= 15 is 0 Å². The van der Waals surface area contributed by atoms with Gasteiger partial charge in [-0.05, 0) is 25.6 Å². The van der Waals surface area contributed by atoms with Crippen molar-refractivity contribution in [1.82, 2.24) is 15.0 Å². The molecule has 2 heterocycles. The van der Waals surface area contributed by atoms with Crippen molar-refractivity contribution in [2.45, 2.75) is 32.4 Å². The Balaban J connectivity index is 1.70. The number of nitrogens with zero attached hydrogens (tertiary/aromatic N) is 4. The molecular formula is C16H19FN4O2. The summed E-state index contributed by atoms with van der Waals surface area (Å²) in [6, 6.07) is 6.03. The smallest absolute Gasteiger partial charge is 0.244 e. The van der Waals surface area contributed by atoms with Gasteiger partial charge in [0.25, 0.3) is 0 Å². The monoisotopic (exact) mass is 318 g/mol. The van der Waals surface area contributed by atoms with Crippen LogP contribution >= 0.6 is 0 Å². The zero-order valence-electron chi connectivity index (χ0n) is 13.2. The van der Waals surface area contributed by atoms with Crippen molar-refractivity contribution in [3.63, 3.8) is 0 Å². The first-order valence-corrected chi connectivity index (χ1v) is 7.67. The molecule has 7 heteroatoms. The molecule has 0 bridgehead atoms. The van der Waals surface area contributed by atoms with Crippen molar-refractivity contribution < 1.29 is 13.7 Å². The van der Waals surface area contributed by atoms with Crippen molar-refractivity contribution >= 4 is 11.6 Å². The number of hydrogen-bond donors (Lipinski definition) is 0. The van der Waals surface area contributed by atoms with Crippen LogP contribution in [0, 0.1) is 5.82 Å². The molecule has 1 aliphatic rings. The van der Waals surface area contributed by atoms with Crippen molar-refractivity contribution in [2.75, 3.05) is 18.5 Å². The Morgan fingerprint density at radius 2 is 2.22 bits per heavy atom. The first-order valence-electron chi connectivity index (χ1n) is 7.67. The fourth-order valence-corrected chi connectivity index (χ4v) is 2.81. The number of aryl methyl sites for hydroxylation is 1. The molecule has 1 amide bonds. The van der Waals surface area contributed by atoms with E-state index in [1.54, 1.807) is 18.2 Å². The molecule has 0 spiro atoms. The molecule has 1 aliphatic heterocycles. The Kier molecular flexibility index (Phi) is 4.38. The zero-order valence-corrected chi connectivity index (χ0v) is 13.2. The lowest BCUT2D eigenvalue weighted by molar-refractivity contribution is -0.121. The molecule has 23 heavy (non-hydrogen) atoms. The van der Waals surface area contributed by atoms with Gasteiger partial charge >= 0.3 is 0 Å². The van der Waals surface area contributed by atoms with Crippen LogP contribution in [0.15, 0.2) is 28.8 Å². The Morgan fingerprint density at radius 1 is 1.43 bits per heavy atom. The fourth-order valence-electron chi connectivity index (χ4n) is 2.81. The van der Waals surface area contributed by atoms with Gasteiger partial charge in [0.05, 0.1) is 18.3 Å². The van der Waals surface area contributed by atoms with Crippen LogP contribution < -0.4 is 4.90 Å². The molecular weight excluding hydrogens is 299 g/mol. The molecule has 3 rings (SSSR count). The number of likely N-dealkylation sites (N-methyl/N-ethyl adjacent to an activating group) is 1. The van der Waals surface area contributed by atoms with E-state index in [0.29, 0.717) is 43.3 Å². The topological polar surface area (TPSA) is 62.5 Å². The van der Waals surface area contributed by atoms with Crippen molar-refractivity contribution in [3.8, 4) is 0 Å². The lowest BCUT2D eigenvalue weighted by Crippen LogP contribution is -2.39. The van der Waals surface area contributed by atoms with Crippen molar-refractivity contribution in [1.29, 1.82) is 0 Å². The van der Waals surface area contributed by atoms with Gasteiger partial charge in [-0.15, -0.1) is 0 Å². The Morgan fingerprint density at radius 3 is 2.91 bits per heavy atom. The lowest BCUT2D eigenvalue weighted by Gasteiger charge is -2.22. The number of amides is 1. The number of halogens is 1. The summed E-state index contributed by atoms with van der Waals surface area (Å²) in [5, 5.41) is 3.90. The molecule has 0 N–H and O–H groups in total. The van der Waals surface area contributed by atoms with Gasteiger partial charge in [-0.1, -0.05) is 24.2 Å². The molecule has 2 aromatic rings. The highest BCUT2D eigenvalue weighted by atomic mass is 19.1. The van der Waals surface area contributed by atoms with Gasteiger partial charge in [-0.25, -0.2) is 4.39 Å². The number of carbonyl (C=O) groups is 1. The molecule has 6 nitrogen and oxygen atoms in total. The molecule has 1 fully saturated rings. The van der Waals surface area contributed by atoms with Crippen LogP contribution in [0.5, 0.6) is 0 Å². The Hall–Kier alpha value is -2.28. The minimum atomic E-state index is -0.380. The second-order valence-corrected chi connectivity index (χ2v) is 5.62. The predicted molar refractivity (Wildman–Crippen MR) is 82.3 cm³/mol. The maximum Gasteiger partial charge on any atom is 0.244 e. The van der Waals surface area contributed by atoms with Crippen molar-refractivity contribution in [2.24, 2.45) is 0 Å². The molecule has 1 saturated heterocycles. The number of hydrogen-bond acceptors (Lipinski definition) is 5. The third-order valence-corrected chi connectivity index (χ3v) is 4.06. The first-order chi connectivity index (χ1) is 11.1. The predicted octanol–water partition coefficient (Wildman–Crippen LogP) is 2.01. The third kappa shape index (κ3) is 3.10. The van der Waals surface area contributed by atoms with E-state index in [1.807, 2.05) is 18.9 Å². The van der Waals surface area contributed by atoms with Gasteiger partial charge in [-0.3, -0.25) is 9.69 Å². The SMILES string of the molecule is CCc1nc(CN(C)C2CCN(c3ccccc3F)C2=O)no1. The second-order valence-electron chi connectivity index (χ2n) is 5.62. The summed E-state index contributed by atoms with van der Waals surface area (Å²) in [5.41, 5.74) is 0.334. The van der Waals surface area contributed by atoms with Gasteiger partial charge in [-0.2, -0.15) is 4.98 Å². The number of para-hydroxylation sites is 1. The van der Waals surface area contributed by atoms with E-state index < -0.39 is 0 Å². The third-order valence-electron chi connectivity index (χ3n) is 4.06. The summed E-state index contributed by atoms with van der Waals surface area (Å²) in [7, 11) is 1.84. The minimum absolute atomic E-state index is 0.100. The number of rotatable bonds is 5. The molecule has 0 radical (unpaired) electrons. The highest BCUT2D eigenvalue weighted by Crippen LogP contribution is 2.26. The molecule has 1 atom stereocenters. The summed E-state index contributed by atoms with van der Waals surface area (Å²) in [6.45, 7) is 2.86. The summed E-state index contributed by atoms with van der Waals surface area (Å²) in [6.07, 6.45) is 1.32. The highest BCUT2D eigenvalue weighted by Gasteiger charge is 2.36. The van der Waals surface area contributed by atoms with E-state index in [9.17, 15) is 9.18 Å². The number of benzene rings is 1. The van der Waals surface area contributed by atoms with Crippen LogP contribution in [-0.4, -0.2) is 40.6 Å². The van der Waals surface area contributed by atoms with Crippen LogP contribution in [0.1, 0.15) is 25.1 Å². The largest absolute Gasteiger partial charge is 0.339 e. The second kappa shape index (κ2) is 6.45. The zero-order chi connectivity index (χ0) is 16.4. The minimum Gasteiger partial charge on any atom is -0.339 e. The average molecular weight is 318 g/mol. The maximum absolute atomic E-state index is 13.9. The summed E-state index contributed by atoms with van der Waals surface area (Å²) in [4.78, 5) is 20.2. The lowest BCUT2D eigenvalue weighted by atomic mass is 10.2. The van der Waals surface area contributed by atoms with Crippen LogP contribution in [-0.2, 0) is 17.8 Å². The summed E-state index contributed by atoms with van der Waals surface area (Å²) >= 11 is 0. The molecule has 1 aromatic heterocycles. The molecule has 0 aliphatic carbocycles.